The monoisotopic (exact) mass is 240 g/mol. The molecule has 90 valence electrons. The van der Waals surface area contributed by atoms with Crippen LogP contribution in [0.1, 0.15) is 18.2 Å². The van der Waals surface area contributed by atoms with E-state index in [4.69, 9.17) is 5.26 Å². The van der Waals surface area contributed by atoms with Crippen molar-refractivity contribution in [3.8, 4) is 17.3 Å². The number of hydrogen-bond acceptors (Lipinski definition) is 4. The molecule has 5 nitrogen and oxygen atoms in total. The van der Waals surface area contributed by atoms with E-state index in [1.807, 2.05) is 19.9 Å². The molecule has 18 heavy (non-hydrogen) atoms. The molecule has 0 aliphatic heterocycles. The summed E-state index contributed by atoms with van der Waals surface area (Å²) in [5.74, 6) is 0. The predicted molar refractivity (Wildman–Crippen MR) is 66.9 cm³/mol. The second-order valence-corrected chi connectivity index (χ2v) is 3.81. The van der Waals surface area contributed by atoms with E-state index in [-0.39, 0.29) is 11.1 Å². The van der Waals surface area contributed by atoms with Crippen LogP contribution >= 0.6 is 0 Å². The second-order valence-electron chi connectivity index (χ2n) is 3.81. The average molecular weight is 240 g/mol. The molecule has 0 atom stereocenters. The van der Waals surface area contributed by atoms with Gasteiger partial charge < -0.3 is 4.57 Å². The van der Waals surface area contributed by atoms with Gasteiger partial charge in [-0.1, -0.05) is 0 Å². The van der Waals surface area contributed by atoms with Crippen molar-refractivity contribution in [2.45, 2.75) is 20.4 Å². The van der Waals surface area contributed by atoms with Gasteiger partial charge in [0, 0.05) is 24.0 Å². The number of nitrogens with zero attached hydrogens (tertiary/aromatic N) is 4. The molecule has 0 spiro atoms. The molecule has 2 aromatic rings. The number of hydrogen-bond donors (Lipinski definition) is 0. The molecule has 0 bridgehead atoms. The highest BCUT2D eigenvalue weighted by Crippen LogP contribution is 2.20. The summed E-state index contributed by atoms with van der Waals surface area (Å²) >= 11 is 0. The van der Waals surface area contributed by atoms with E-state index < -0.39 is 0 Å². The van der Waals surface area contributed by atoms with Gasteiger partial charge in [-0.05, 0) is 26.0 Å². The van der Waals surface area contributed by atoms with Gasteiger partial charge >= 0.3 is 0 Å². The van der Waals surface area contributed by atoms with Crippen LogP contribution in [0.5, 0.6) is 0 Å². The van der Waals surface area contributed by atoms with Crippen LogP contribution in [0.15, 0.2) is 29.5 Å². The fourth-order valence-electron chi connectivity index (χ4n) is 1.92. The maximum Gasteiger partial charge on any atom is 0.268 e. The Labute approximate surface area is 104 Å². The first-order valence-corrected chi connectivity index (χ1v) is 5.60. The molecule has 0 aliphatic carbocycles. The van der Waals surface area contributed by atoms with Crippen LogP contribution in [0.3, 0.4) is 0 Å². The van der Waals surface area contributed by atoms with Crippen LogP contribution in [0.2, 0.25) is 0 Å². The normalized spacial score (nSPS) is 10.1. The quantitative estimate of drug-likeness (QED) is 0.797. The van der Waals surface area contributed by atoms with Crippen molar-refractivity contribution in [1.29, 1.82) is 5.26 Å². The zero-order valence-electron chi connectivity index (χ0n) is 10.2. The maximum absolute atomic E-state index is 11.9. The first-order valence-electron chi connectivity index (χ1n) is 5.60. The molecule has 0 fully saturated rings. The Bertz CT molecular complexity index is 668. The van der Waals surface area contributed by atoms with Crippen LogP contribution in [-0.4, -0.2) is 14.5 Å². The Balaban J connectivity index is 2.78. The topological polar surface area (TPSA) is 71.6 Å². The lowest BCUT2D eigenvalue weighted by Gasteiger charge is -2.12. The number of rotatable bonds is 2. The Morgan fingerprint density at radius 3 is 2.83 bits per heavy atom. The van der Waals surface area contributed by atoms with Crippen molar-refractivity contribution in [3.63, 3.8) is 0 Å². The Morgan fingerprint density at radius 1 is 1.50 bits per heavy atom. The first-order chi connectivity index (χ1) is 8.69. The van der Waals surface area contributed by atoms with Gasteiger partial charge in [0.1, 0.15) is 18.0 Å². The smallest absolute Gasteiger partial charge is 0.268 e. The Kier molecular flexibility index (Phi) is 3.20. The van der Waals surface area contributed by atoms with Gasteiger partial charge in [-0.15, -0.1) is 0 Å². The van der Waals surface area contributed by atoms with E-state index in [9.17, 15) is 4.79 Å². The Morgan fingerprint density at radius 2 is 2.28 bits per heavy atom. The van der Waals surface area contributed by atoms with Crippen LogP contribution in [0, 0.1) is 18.3 Å². The van der Waals surface area contributed by atoms with Crippen molar-refractivity contribution in [1.82, 2.24) is 14.5 Å². The molecule has 0 unspecified atom stereocenters. The van der Waals surface area contributed by atoms with Crippen molar-refractivity contribution >= 4 is 0 Å². The summed E-state index contributed by atoms with van der Waals surface area (Å²) < 4.78 is 1.58. The van der Waals surface area contributed by atoms with Crippen LogP contribution < -0.4 is 5.56 Å². The van der Waals surface area contributed by atoms with Crippen molar-refractivity contribution in [3.05, 3.63) is 46.3 Å². The lowest BCUT2D eigenvalue weighted by atomic mass is 10.1. The molecule has 2 rings (SSSR count). The zero-order chi connectivity index (χ0) is 13.1. The van der Waals surface area contributed by atoms with Crippen molar-refractivity contribution in [2.24, 2.45) is 0 Å². The molecule has 0 saturated heterocycles. The maximum atomic E-state index is 11.9. The zero-order valence-corrected chi connectivity index (χ0v) is 10.2. The van der Waals surface area contributed by atoms with E-state index in [2.05, 4.69) is 9.97 Å². The van der Waals surface area contributed by atoms with E-state index in [1.54, 1.807) is 22.9 Å². The first kappa shape index (κ1) is 12.0. The van der Waals surface area contributed by atoms with Gasteiger partial charge in [0.2, 0.25) is 0 Å². The van der Waals surface area contributed by atoms with Crippen LogP contribution in [0.25, 0.3) is 11.3 Å². The van der Waals surface area contributed by atoms with Gasteiger partial charge in [-0.3, -0.25) is 4.79 Å². The van der Waals surface area contributed by atoms with Gasteiger partial charge in [-0.2, -0.15) is 5.26 Å². The lowest BCUT2D eigenvalue weighted by molar-refractivity contribution is 0.700. The third-order valence-electron chi connectivity index (χ3n) is 2.85. The second kappa shape index (κ2) is 4.80. The lowest BCUT2D eigenvalue weighted by Crippen LogP contribution is -2.24. The minimum Gasteiger partial charge on any atom is -0.311 e. The van der Waals surface area contributed by atoms with Crippen LogP contribution in [0.4, 0.5) is 0 Å². The fraction of sp³-hybridized carbons (Fsp3) is 0.231. The molecule has 0 saturated carbocycles. The summed E-state index contributed by atoms with van der Waals surface area (Å²) in [6.07, 6.45) is 3.08. The molecule has 2 heterocycles. The molecule has 5 heteroatoms. The van der Waals surface area contributed by atoms with E-state index in [1.165, 1.54) is 6.33 Å². The minimum atomic E-state index is -0.254. The molecule has 0 aromatic carbocycles. The number of aromatic nitrogens is 3. The molecule has 2 aromatic heterocycles. The largest absolute Gasteiger partial charge is 0.311 e. The van der Waals surface area contributed by atoms with Crippen LogP contribution in [-0.2, 0) is 6.54 Å². The molecular formula is C13H12N4O. The summed E-state index contributed by atoms with van der Waals surface area (Å²) in [7, 11) is 0. The standard InChI is InChI=1S/C13H12N4O/c1-3-17-9(2)11(6-10(7-14)13(17)18)12-4-5-15-8-16-12/h4-6,8H,3H2,1-2H3. The highest BCUT2D eigenvalue weighted by atomic mass is 16.1. The number of pyridine rings is 1. The fourth-order valence-corrected chi connectivity index (χ4v) is 1.92. The SMILES string of the molecule is CCn1c(C)c(-c2ccncn2)cc(C#N)c1=O. The van der Waals surface area contributed by atoms with Gasteiger partial charge in [0.15, 0.2) is 0 Å². The molecular weight excluding hydrogens is 228 g/mol. The molecule has 0 aliphatic rings. The van der Waals surface area contributed by atoms with Gasteiger partial charge in [0.25, 0.3) is 5.56 Å². The summed E-state index contributed by atoms with van der Waals surface area (Å²) in [5.41, 5.74) is 2.18. The van der Waals surface area contributed by atoms with E-state index in [0.29, 0.717) is 12.2 Å². The number of nitriles is 1. The van der Waals surface area contributed by atoms with Gasteiger partial charge in [-0.25, -0.2) is 9.97 Å². The Hall–Kier alpha value is -2.48. The van der Waals surface area contributed by atoms with Crippen molar-refractivity contribution < 1.29 is 0 Å². The highest BCUT2D eigenvalue weighted by Gasteiger charge is 2.12. The molecule has 0 radical (unpaired) electrons. The summed E-state index contributed by atoms with van der Waals surface area (Å²) in [6.45, 7) is 4.25. The predicted octanol–water partition coefficient (Wildman–Crippen LogP) is 1.51. The van der Waals surface area contributed by atoms with E-state index >= 15 is 0 Å². The average Bonchev–Trinajstić information content (AvgIpc) is 2.41. The minimum absolute atomic E-state index is 0.135. The summed E-state index contributed by atoms with van der Waals surface area (Å²) in [4.78, 5) is 20.0. The summed E-state index contributed by atoms with van der Waals surface area (Å²) in [6, 6.07) is 5.28. The summed E-state index contributed by atoms with van der Waals surface area (Å²) in [5, 5.41) is 9.00. The highest BCUT2D eigenvalue weighted by molar-refractivity contribution is 5.63. The van der Waals surface area contributed by atoms with Crippen molar-refractivity contribution in [2.75, 3.05) is 0 Å². The molecule has 0 N–H and O–H groups in total. The molecule has 0 amide bonds. The van der Waals surface area contributed by atoms with Gasteiger partial charge in [0.05, 0.1) is 5.69 Å². The van der Waals surface area contributed by atoms with E-state index in [0.717, 1.165) is 11.3 Å². The third kappa shape index (κ3) is 1.89. The third-order valence-corrected chi connectivity index (χ3v) is 2.85.